The van der Waals surface area contributed by atoms with Crippen LogP contribution in [0, 0.1) is 17.6 Å². The molecule has 1 aromatic carbocycles. The van der Waals surface area contributed by atoms with Gasteiger partial charge in [0.15, 0.2) is 5.13 Å². The summed E-state index contributed by atoms with van der Waals surface area (Å²) in [5.41, 5.74) is 0.416. The summed E-state index contributed by atoms with van der Waals surface area (Å²) in [7, 11) is 0. The zero-order valence-corrected chi connectivity index (χ0v) is 13.5. The summed E-state index contributed by atoms with van der Waals surface area (Å²) in [6.07, 6.45) is 7.17. The van der Waals surface area contributed by atoms with Gasteiger partial charge in [-0.2, -0.15) is 0 Å². The van der Waals surface area contributed by atoms with E-state index in [1.54, 1.807) is 6.20 Å². The molecule has 0 radical (unpaired) electrons. The van der Waals surface area contributed by atoms with Crippen LogP contribution in [0.3, 0.4) is 0 Å². The number of nitrogens with one attached hydrogen (secondary N) is 1. The number of rotatable bonds is 5. The van der Waals surface area contributed by atoms with Crippen LogP contribution in [-0.2, 0) is 11.2 Å². The molecule has 1 aliphatic rings. The number of hydrogen-bond donors (Lipinski definition) is 1. The lowest BCUT2D eigenvalue weighted by atomic mass is 10.0. The first-order chi connectivity index (χ1) is 11.1. The third-order valence-corrected chi connectivity index (χ3v) is 5.04. The Morgan fingerprint density at radius 2 is 2.09 bits per heavy atom. The van der Waals surface area contributed by atoms with Gasteiger partial charge in [0.1, 0.15) is 11.6 Å². The van der Waals surface area contributed by atoms with Gasteiger partial charge in [0, 0.05) is 30.0 Å². The van der Waals surface area contributed by atoms with E-state index in [0.717, 1.165) is 23.8 Å². The standard InChI is InChI=1S/C17H18F2N2OS/c18-13-6-5-12(15(19)9-13)8-14-10-20-17(23-14)21-16(22)7-11-3-1-2-4-11/h5-6,9-11H,1-4,7-8H2,(H,20,21,22). The summed E-state index contributed by atoms with van der Waals surface area (Å²) < 4.78 is 26.6. The highest BCUT2D eigenvalue weighted by Gasteiger charge is 2.19. The predicted octanol–water partition coefficient (Wildman–Crippen LogP) is 4.53. The summed E-state index contributed by atoms with van der Waals surface area (Å²) in [6.45, 7) is 0. The minimum absolute atomic E-state index is 0.00855. The molecule has 0 atom stereocenters. The van der Waals surface area contributed by atoms with Crippen molar-refractivity contribution in [2.24, 2.45) is 5.92 Å². The molecule has 0 bridgehead atoms. The van der Waals surface area contributed by atoms with Crippen LogP contribution in [-0.4, -0.2) is 10.9 Å². The number of benzene rings is 1. The molecule has 2 aromatic rings. The molecular formula is C17H18F2N2OS. The van der Waals surface area contributed by atoms with Crippen molar-refractivity contribution in [1.29, 1.82) is 0 Å². The lowest BCUT2D eigenvalue weighted by molar-refractivity contribution is -0.117. The first kappa shape index (κ1) is 16.1. The summed E-state index contributed by atoms with van der Waals surface area (Å²) >= 11 is 1.32. The monoisotopic (exact) mass is 336 g/mol. The predicted molar refractivity (Wildman–Crippen MR) is 86.5 cm³/mol. The average molecular weight is 336 g/mol. The van der Waals surface area contributed by atoms with Gasteiger partial charge in [-0.05, 0) is 30.4 Å². The molecule has 0 aliphatic heterocycles. The van der Waals surface area contributed by atoms with Crippen LogP contribution in [0.5, 0.6) is 0 Å². The minimum atomic E-state index is -0.588. The molecule has 3 nitrogen and oxygen atoms in total. The largest absolute Gasteiger partial charge is 0.302 e. The highest BCUT2D eigenvalue weighted by molar-refractivity contribution is 7.15. The van der Waals surface area contributed by atoms with Crippen LogP contribution >= 0.6 is 11.3 Å². The molecule has 1 aromatic heterocycles. The van der Waals surface area contributed by atoms with Crippen molar-refractivity contribution in [2.75, 3.05) is 5.32 Å². The topological polar surface area (TPSA) is 42.0 Å². The first-order valence-corrected chi connectivity index (χ1v) is 8.60. The van der Waals surface area contributed by atoms with Crippen molar-refractivity contribution in [1.82, 2.24) is 4.98 Å². The molecule has 0 saturated heterocycles. The number of anilines is 1. The average Bonchev–Trinajstić information content (AvgIpc) is 3.14. The quantitative estimate of drug-likeness (QED) is 0.871. The Morgan fingerprint density at radius 1 is 1.30 bits per heavy atom. The number of carbonyl (C=O) groups is 1. The smallest absolute Gasteiger partial charge is 0.226 e. The van der Waals surface area contributed by atoms with E-state index in [2.05, 4.69) is 10.3 Å². The Morgan fingerprint density at radius 3 is 2.83 bits per heavy atom. The number of nitrogens with zero attached hydrogens (tertiary/aromatic N) is 1. The van der Waals surface area contributed by atoms with E-state index in [1.807, 2.05) is 0 Å². The number of aromatic nitrogens is 1. The SMILES string of the molecule is O=C(CC1CCCC1)Nc1ncc(Cc2ccc(F)cc2F)s1. The number of carbonyl (C=O) groups excluding carboxylic acids is 1. The normalized spacial score (nSPS) is 15.0. The first-order valence-electron chi connectivity index (χ1n) is 7.78. The molecule has 1 amide bonds. The highest BCUT2D eigenvalue weighted by atomic mass is 32.1. The Kier molecular flexibility index (Phi) is 5.00. The van der Waals surface area contributed by atoms with Crippen molar-refractivity contribution < 1.29 is 13.6 Å². The fraction of sp³-hybridized carbons (Fsp3) is 0.412. The van der Waals surface area contributed by atoms with Gasteiger partial charge in [-0.3, -0.25) is 4.79 Å². The maximum absolute atomic E-state index is 13.7. The fourth-order valence-corrected chi connectivity index (χ4v) is 3.80. The molecule has 23 heavy (non-hydrogen) atoms. The van der Waals surface area contributed by atoms with Gasteiger partial charge in [0.2, 0.25) is 5.91 Å². The fourth-order valence-electron chi connectivity index (χ4n) is 2.95. The Hall–Kier alpha value is -1.82. The number of hydrogen-bond acceptors (Lipinski definition) is 3. The van der Waals surface area contributed by atoms with E-state index in [4.69, 9.17) is 0 Å². The summed E-state index contributed by atoms with van der Waals surface area (Å²) in [4.78, 5) is 17.0. The van der Waals surface area contributed by atoms with Crippen molar-refractivity contribution in [2.45, 2.75) is 38.5 Å². The molecule has 1 fully saturated rings. The lowest BCUT2D eigenvalue weighted by Gasteiger charge is -2.07. The van der Waals surface area contributed by atoms with Gasteiger partial charge in [-0.1, -0.05) is 18.9 Å². The molecule has 0 unspecified atom stereocenters. The van der Waals surface area contributed by atoms with Crippen molar-refractivity contribution in [3.05, 3.63) is 46.5 Å². The van der Waals surface area contributed by atoms with Crippen LogP contribution in [0.2, 0.25) is 0 Å². The maximum Gasteiger partial charge on any atom is 0.226 e. The zero-order chi connectivity index (χ0) is 16.2. The second-order valence-electron chi connectivity index (χ2n) is 5.95. The maximum atomic E-state index is 13.7. The van der Waals surface area contributed by atoms with Crippen molar-refractivity contribution in [3.8, 4) is 0 Å². The number of halogens is 2. The summed E-state index contributed by atoms with van der Waals surface area (Å²) in [6, 6.07) is 3.55. The molecule has 1 aliphatic carbocycles. The van der Waals surface area contributed by atoms with Crippen LogP contribution in [0.15, 0.2) is 24.4 Å². The van der Waals surface area contributed by atoms with Gasteiger partial charge in [-0.15, -0.1) is 11.3 Å². The lowest BCUT2D eigenvalue weighted by Crippen LogP contribution is -2.14. The number of thiazole rings is 1. The third kappa shape index (κ3) is 4.34. The molecular weight excluding hydrogens is 318 g/mol. The minimum Gasteiger partial charge on any atom is -0.302 e. The van der Waals surface area contributed by atoms with Crippen molar-refractivity contribution in [3.63, 3.8) is 0 Å². The Labute approximate surface area is 137 Å². The van der Waals surface area contributed by atoms with Crippen molar-refractivity contribution >= 4 is 22.4 Å². The second-order valence-corrected chi connectivity index (χ2v) is 7.06. The van der Waals surface area contributed by atoms with Crippen LogP contribution < -0.4 is 5.32 Å². The Balaban J connectivity index is 1.58. The molecule has 1 heterocycles. The van der Waals surface area contributed by atoms with E-state index >= 15 is 0 Å². The molecule has 0 spiro atoms. The van der Waals surface area contributed by atoms with E-state index in [9.17, 15) is 13.6 Å². The third-order valence-electron chi connectivity index (χ3n) is 4.13. The number of amides is 1. The van der Waals surface area contributed by atoms with E-state index in [1.165, 1.54) is 36.3 Å². The van der Waals surface area contributed by atoms with Crippen LogP contribution in [0.1, 0.15) is 42.5 Å². The molecule has 1 N–H and O–H groups in total. The Bertz CT molecular complexity index is 696. The van der Waals surface area contributed by atoms with E-state index in [0.29, 0.717) is 29.5 Å². The summed E-state index contributed by atoms with van der Waals surface area (Å²) in [5.74, 6) is -0.672. The highest BCUT2D eigenvalue weighted by Crippen LogP contribution is 2.28. The molecule has 6 heteroatoms. The van der Waals surface area contributed by atoms with Gasteiger partial charge in [0.25, 0.3) is 0 Å². The summed E-state index contributed by atoms with van der Waals surface area (Å²) in [5, 5.41) is 3.35. The van der Waals surface area contributed by atoms with E-state index < -0.39 is 11.6 Å². The van der Waals surface area contributed by atoms with E-state index in [-0.39, 0.29) is 5.91 Å². The van der Waals surface area contributed by atoms with Gasteiger partial charge >= 0.3 is 0 Å². The molecule has 1 saturated carbocycles. The van der Waals surface area contributed by atoms with Crippen LogP contribution in [0.25, 0.3) is 0 Å². The van der Waals surface area contributed by atoms with Gasteiger partial charge in [-0.25, -0.2) is 13.8 Å². The second kappa shape index (κ2) is 7.17. The van der Waals surface area contributed by atoms with Crippen LogP contribution in [0.4, 0.5) is 13.9 Å². The van der Waals surface area contributed by atoms with Gasteiger partial charge in [0.05, 0.1) is 0 Å². The molecule has 3 rings (SSSR count). The van der Waals surface area contributed by atoms with Gasteiger partial charge < -0.3 is 5.32 Å². The zero-order valence-electron chi connectivity index (χ0n) is 12.6. The molecule has 122 valence electrons.